The summed E-state index contributed by atoms with van der Waals surface area (Å²) in [5.74, 6) is 1.16. The van der Waals surface area contributed by atoms with E-state index in [4.69, 9.17) is 21.4 Å². The van der Waals surface area contributed by atoms with Crippen LogP contribution in [-0.2, 0) is 6.61 Å². The van der Waals surface area contributed by atoms with Gasteiger partial charge in [0.2, 0.25) is 0 Å². The highest BCUT2D eigenvalue weighted by Crippen LogP contribution is 2.28. The molecular weight excluding hydrogens is 306 g/mol. The third-order valence-electron chi connectivity index (χ3n) is 3.02. The maximum absolute atomic E-state index is 9.47. The fraction of sp³-hybridized carbons (Fsp3) is 0.250. The lowest BCUT2D eigenvalue weighted by molar-refractivity contribution is 0.105. The Labute approximate surface area is 133 Å². The summed E-state index contributed by atoms with van der Waals surface area (Å²) in [7, 11) is 0. The number of ether oxygens (including phenoxy) is 1. The van der Waals surface area contributed by atoms with Gasteiger partial charge in [-0.15, -0.1) is 0 Å². The van der Waals surface area contributed by atoms with Gasteiger partial charge in [-0.3, -0.25) is 0 Å². The summed E-state index contributed by atoms with van der Waals surface area (Å²) >= 11 is 5.82. The molecule has 2 aromatic carbocycles. The fourth-order valence-corrected chi connectivity index (χ4v) is 1.97. The molecule has 5 nitrogen and oxygen atoms in total. The number of hydrogen-bond donors (Lipinski definition) is 4. The number of nitrogens with one attached hydrogen (secondary N) is 1. The summed E-state index contributed by atoms with van der Waals surface area (Å²) in [6, 6.07) is 12.2. The minimum Gasteiger partial charge on any atom is -0.457 e. The molecule has 0 aliphatic carbocycles. The molecule has 0 aromatic heterocycles. The van der Waals surface area contributed by atoms with E-state index in [1.54, 1.807) is 42.5 Å². The molecule has 0 bridgehead atoms. The Morgan fingerprint density at radius 1 is 1.09 bits per heavy atom. The van der Waals surface area contributed by atoms with E-state index in [2.05, 4.69) is 5.32 Å². The number of benzene rings is 2. The van der Waals surface area contributed by atoms with Gasteiger partial charge >= 0.3 is 0 Å². The van der Waals surface area contributed by atoms with Gasteiger partial charge in [0.15, 0.2) is 0 Å². The van der Waals surface area contributed by atoms with Crippen LogP contribution in [0.3, 0.4) is 0 Å². The van der Waals surface area contributed by atoms with Crippen LogP contribution in [0.4, 0.5) is 5.69 Å². The summed E-state index contributed by atoms with van der Waals surface area (Å²) in [6.07, 6.45) is -0.831. The van der Waals surface area contributed by atoms with Crippen LogP contribution in [0.1, 0.15) is 5.56 Å². The molecule has 0 saturated carbocycles. The third-order valence-corrected chi connectivity index (χ3v) is 3.28. The van der Waals surface area contributed by atoms with E-state index in [1.807, 2.05) is 0 Å². The van der Waals surface area contributed by atoms with Gasteiger partial charge in [0.25, 0.3) is 0 Å². The molecule has 0 radical (unpaired) electrons. The summed E-state index contributed by atoms with van der Waals surface area (Å²) < 4.78 is 5.72. The Balaban J connectivity index is 2.10. The zero-order valence-electron chi connectivity index (χ0n) is 11.9. The molecule has 0 aliphatic rings. The average molecular weight is 324 g/mol. The van der Waals surface area contributed by atoms with E-state index >= 15 is 0 Å². The van der Waals surface area contributed by atoms with Crippen molar-refractivity contribution in [3.63, 3.8) is 0 Å². The van der Waals surface area contributed by atoms with Crippen molar-refractivity contribution in [2.45, 2.75) is 12.7 Å². The molecule has 1 atom stereocenters. The van der Waals surface area contributed by atoms with Gasteiger partial charge in [-0.25, -0.2) is 0 Å². The molecule has 6 heteroatoms. The van der Waals surface area contributed by atoms with E-state index in [0.717, 1.165) is 5.69 Å². The monoisotopic (exact) mass is 323 g/mol. The molecule has 0 saturated heterocycles. The third kappa shape index (κ3) is 4.61. The first kappa shape index (κ1) is 16.6. The average Bonchev–Trinajstić information content (AvgIpc) is 2.55. The highest BCUT2D eigenvalue weighted by Gasteiger charge is 2.07. The Hall–Kier alpha value is -1.79. The van der Waals surface area contributed by atoms with Crippen LogP contribution in [-0.4, -0.2) is 34.6 Å². The summed E-state index contributed by atoms with van der Waals surface area (Å²) in [5, 5.41) is 31.2. The van der Waals surface area contributed by atoms with Crippen molar-refractivity contribution in [3.8, 4) is 11.5 Å². The number of halogens is 1. The maximum Gasteiger partial charge on any atom is 0.133 e. The van der Waals surface area contributed by atoms with E-state index < -0.39 is 6.10 Å². The molecule has 118 valence electrons. The van der Waals surface area contributed by atoms with Crippen molar-refractivity contribution in [2.75, 3.05) is 18.5 Å². The van der Waals surface area contributed by atoms with Crippen molar-refractivity contribution in [1.29, 1.82) is 0 Å². The van der Waals surface area contributed by atoms with Crippen molar-refractivity contribution >= 4 is 17.3 Å². The van der Waals surface area contributed by atoms with Gasteiger partial charge in [-0.2, -0.15) is 0 Å². The van der Waals surface area contributed by atoms with Crippen molar-refractivity contribution < 1.29 is 20.1 Å². The molecule has 0 heterocycles. The Kier molecular flexibility index (Phi) is 6.03. The van der Waals surface area contributed by atoms with Gasteiger partial charge in [0, 0.05) is 22.8 Å². The van der Waals surface area contributed by atoms with E-state index in [1.165, 1.54) is 0 Å². The quantitative estimate of drug-likeness (QED) is 0.629. The largest absolute Gasteiger partial charge is 0.457 e. The molecule has 2 rings (SSSR count). The number of anilines is 1. The predicted molar refractivity (Wildman–Crippen MR) is 85.5 cm³/mol. The van der Waals surface area contributed by atoms with E-state index in [-0.39, 0.29) is 19.8 Å². The zero-order chi connectivity index (χ0) is 15.9. The summed E-state index contributed by atoms with van der Waals surface area (Å²) in [6.45, 7) is -0.266. The topological polar surface area (TPSA) is 82.0 Å². The lowest BCUT2D eigenvalue weighted by atomic mass is 10.2. The summed E-state index contributed by atoms with van der Waals surface area (Å²) in [5.41, 5.74) is 1.33. The normalized spacial score (nSPS) is 12.0. The Bertz CT molecular complexity index is 604. The standard InChI is InChI=1S/C16H18ClNO4/c17-12-1-4-15(5-2-12)22-16-6-3-13(7-11(16)9-19)18-8-14(21)10-20/h1-7,14,18-21H,8-10H2. The van der Waals surface area contributed by atoms with Crippen LogP contribution in [0.2, 0.25) is 5.02 Å². The molecule has 4 N–H and O–H groups in total. The van der Waals surface area contributed by atoms with Crippen molar-refractivity contribution in [3.05, 3.63) is 53.1 Å². The highest BCUT2D eigenvalue weighted by atomic mass is 35.5. The maximum atomic E-state index is 9.47. The lowest BCUT2D eigenvalue weighted by Crippen LogP contribution is -2.22. The molecule has 0 fully saturated rings. The smallest absolute Gasteiger partial charge is 0.133 e. The van der Waals surface area contributed by atoms with Crippen molar-refractivity contribution in [1.82, 2.24) is 0 Å². The predicted octanol–water partition coefficient (Wildman–Crippen LogP) is 2.39. The molecule has 0 aliphatic heterocycles. The van der Waals surface area contributed by atoms with Crippen LogP contribution in [0.15, 0.2) is 42.5 Å². The second-order valence-electron chi connectivity index (χ2n) is 4.75. The van der Waals surface area contributed by atoms with Crippen LogP contribution in [0, 0.1) is 0 Å². The first-order chi connectivity index (χ1) is 10.6. The van der Waals surface area contributed by atoms with Gasteiger partial charge in [-0.05, 0) is 42.5 Å². The van der Waals surface area contributed by atoms with Gasteiger partial charge in [-0.1, -0.05) is 11.6 Å². The second kappa shape index (κ2) is 8.00. The number of aliphatic hydroxyl groups excluding tert-OH is 3. The lowest BCUT2D eigenvalue weighted by Gasteiger charge is -2.14. The number of aliphatic hydroxyl groups is 3. The van der Waals surface area contributed by atoms with Gasteiger partial charge < -0.3 is 25.4 Å². The molecule has 22 heavy (non-hydrogen) atoms. The van der Waals surface area contributed by atoms with Crippen LogP contribution >= 0.6 is 11.6 Å². The second-order valence-corrected chi connectivity index (χ2v) is 5.19. The minimum atomic E-state index is -0.831. The van der Waals surface area contributed by atoms with Crippen LogP contribution in [0.5, 0.6) is 11.5 Å². The molecule has 0 spiro atoms. The van der Waals surface area contributed by atoms with Crippen molar-refractivity contribution in [2.24, 2.45) is 0 Å². The minimum absolute atomic E-state index is 0.180. The molecular formula is C16H18ClNO4. The Morgan fingerprint density at radius 3 is 2.45 bits per heavy atom. The van der Waals surface area contributed by atoms with Gasteiger partial charge in [0.1, 0.15) is 11.5 Å². The zero-order valence-corrected chi connectivity index (χ0v) is 12.6. The first-order valence-electron chi connectivity index (χ1n) is 6.82. The van der Waals surface area contributed by atoms with Gasteiger partial charge in [0.05, 0.1) is 19.3 Å². The highest BCUT2D eigenvalue weighted by molar-refractivity contribution is 6.30. The number of hydrogen-bond acceptors (Lipinski definition) is 5. The SMILES string of the molecule is OCc1cc(NCC(O)CO)ccc1Oc1ccc(Cl)cc1. The van der Waals surface area contributed by atoms with Crippen LogP contribution in [0.25, 0.3) is 0 Å². The van der Waals surface area contributed by atoms with Crippen LogP contribution < -0.4 is 10.1 Å². The first-order valence-corrected chi connectivity index (χ1v) is 7.20. The number of rotatable bonds is 7. The summed E-state index contributed by atoms with van der Waals surface area (Å²) in [4.78, 5) is 0. The molecule has 0 amide bonds. The Morgan fingerprint density at radius 2 is 1.82 bits per heavy atom. The van der Waals surface area contributed by atoms with E-state index in [0.29, 0.717) is 22.1 Å². The molecule has 1 unspecified atom stereocenters. The van der Waals surface area contributed by atoms with E-state index in [9.17, 15) is 10.2 Å². The fourth-order valence-electron chi connectivity index (χ4n) is 1.84. The molecule has 2 aromatic rings.